The van der Waals surface area contributed by atoms with Crippen molar-refractivity contribution in [2.45, 2.75) is 45.1 Å². The first-order valence-electron chi connectivity index (χ1n) is 8.96. The number of hydrogen-bond donors (Lipinski definition) is 1. The summed E-state index contributed by atoms with van der Waals surface area (Å²) >= 11 is 0. The summed E-state index contributed by atoms with van der Waals surface area (Å²) in [5.74, 6) is 5.20. The van der Waals surface area contributed by atoms with Crippen molar-refractivity contribution >= 4 is 0 Å². The molecular weight excluding hydrogens is 244 g/mol. The van der Waals surface area contributed by atoms with Gasteiger partial charge in [-0.15, -0.1) is 0 Å². The summed E-state index contributed by atoms with van der Waals surface area (Å²) in [6.07, 6.45) is 12.9. The summed E-state index contributed by atoms with van der Waals surface area (Å²) < 4.78 is 0. The van der Waals surface area contributed by atoms with Gasteiger partial charge in [-0.1, -0.05) is 19.1 Å². The fraction of sp³-hybridized carbons (Fsp3) is 0.889. The number of rotatable bonds is 3. The Morgan fingerprint density at radius 3 is 2.35 bits per heavy atom. The van der Waals surface area contributed by atoms with Crippen molar-refractivity contribution in [2.24, 2.45) is 29.6 Å². The summed E-state index contributed by atoms with van der Waals surface area (Å²) in [6, 6.07) is 0.644. The molecule has 0 aromatic carbocycles. The van der Waals surface area contributed by atoms with Gasteiger partial charge in [-0.2, -0.15) is 0 Å². The number of allylic oxidation sites excluding steroid dienone is 1. The fourth-order valence-electron chi connectivity index (χ4n) is 5.89. The Labute approximate surface area is 124 Å². The van der Waals surface area contributed by atoms with Crippen molar-refractivity contribution in [3.8, 4) is 0 Å². The Hall–Kier alpha value is -0.340. The van der Waals surface area contributed by atoms with Gasteiger partial charge in [0.1, 0.15) is 0 Å². The largest absolute Gasteiger partial charge is 0.314 e. The van der Waals surface area contributed by atoms with E-state index in [1.165, 1.54) is 13.1 Å². The van der Waals surface area contributed by atoms with Crippen LogP contribution in [-0.2, 0) is 0 Å². The van der Waals surface area contributed by atoms with Crippen molar-refractivity contribution in [1.82, 2.24) is 10.2 Å². The van der Waals surface area contributed by atoms with Gasteiger partial charge in [0.25, 0.3) is 0 Å². The molecular formula is C18H30N2. The van der Waals surface area contributed by atoms with E-state index in [9.17, 15) is 0 Å². The molecule has 1 aliphatic heterocycles. The maximum atomic E-state index is 3.56. The van der Waals surface area contributed by atoms with Gasteiger partial charge in [-0.3, -0.25) is 4.90 Å². The van der Waals surface area contributed by atoms with E-state index in [0.29, 0.717) is 6.04 Å². The standard InChI is InChI=1S/C18H30N2/c1-2-20-6-5-19-12-17(20)3-4-18-15-8-13-7-14(10-15)11-16(18)9-13/h3-4,13-19H,2,5-12H2,1H3/b4-3+. The van der Waals surface area contributed by atoms with Crippen LogP contribution in [0.5, 0.6) is 0 Å². The lowest BCUT2D eigenvalue weighted by atomic mass is 9.52. The van der Waals surface area contributed by atoms with Crippen molar-refractivity contribution in [1.29, 1.82) is 0 Å². The van der Waals surface area contributed by atoms with Crippen LogP contribution in [0.25, 0.3) is 0 Å². The molecule has 4 bridgehead atoms. The average molecular weight is 274 g/mol. The Kier molecular flexibility index (Phi) is 3.64. The second kappa shape index (κ2) is 5.46. The first kappa shape index (κ1) is 13.3. The third-order valence-corrected chi connectivity index (χ3v) is 6.66. The van der Waals surface area contributed by atoms with Crippen LogP contribution in [0, 0.1) is 29.6 Å². The number of nitrogens with zero attached hydrogens (tertiary/aromatic N) is 1. The smallest absolute Gasteiger partial charge is 0.0403 e. The lowest BCUT2D eigenvalue weighted by Gasteiger charge is -2.54. The highest BCUT2D eigenvalue weighted by Crippen LogP contribution is 2.56. The number of likely N-dealkylation sites (N-methyl/N-ethyl adjacent to an activating group) is 1. The molecule has 2 heteroatoms. The van der Waals surface area contributed by atoms with Crippen molar-refractivity contribution in [3.63, 3.8) is 0 Å². The van der Waals surface area contributed by atoms with Crippen molar-refractivity contribution in [2.75, 3.05) is 26.2 Å². The lowest BCUT2D eigenvalue weighted by molar-refractivity contribution is -0.0164. The zero-order valence-electron chi connectivity index (χ0n) is 12.9. The number of hydrogen-bond acceptors (Lipinski definition) is 2. The van der Waals surface area contributed by atoms with Crippen molar-refractivity contribution in [3.05, 3.63) is 12.2 Å². The quantitative estimate of drug-likeness (QED) is 0.796. The van der Waals surface area contributed by atoms with E-state index in [2.05, 4.69) is 29.3 Å². The Morgan fingerprint density at radius 1 is 1.00 bits per heavy atom. The van der Waals surface area contributed by atoms with Gasteiger partial charge in [0.05, 0.1) is 0 Å². The average Bonchev–Trinajstić information content (AvgIpc) is 2.46. The van der Waals surface area contributed by atoms with E-state index in [0.717, 1.165) is 42.7 Å². The summed E-state index contributed by atoms with van der Waals surface area (Å²) in [6.45, 7) is 7.02. The maximum Gasteiger partial charge on any atom is 0.0403 e. The highest BCUT2D eigenvalue weighted by molar-refractivity contribution is 5.08. The monoisotopic (exact) mass is 274 g/mol. The number of nitrogens with one attached hydrogen (secondary N) is 1. The second-order valence-electron chi connectivity index (χ2n) is 7.79. The van der Waals surface area contributed by atoms with E-state index < -0.39 is 0 Å². The third-order valence-electron chi connectivity index (χ3n) is 6.66. The molecule has 20 heavy (non-hydrogen) atoms. The molecule has 1 unspecified atom stereocenters. The molecule has 4 aliphatic carbocycles. The van der Waals surface area contributed by atoms with E-state index in [1.54, 1.807) is 32.1 Å². The van der Waals surface area contributed by atoms with Crippen LogP contribution < -0.4 is 5.32 Å². The van der Waals surface area contributed by atoms with Gasteiger partial charge in [0.15, 0.2) is 0 Å². The van der Waals surface area contributed by atoms with Crippen LogP contribution in [0.15, 0.2) is 12.2 Å². The van der Waals surface area contributed by atoms with Gasteiger partial charge in [-0.25, -0.2) is 0 Å². The van der Waals surface area contributed by atoms with Crippen molar-refractivity contribution < 1.29 is 0 Å². The van der Waals surface area contributed by atoms with Gasteiger partial charge in [0, 0.05) is 25.7 Å². The zero-order chi connectivity index (χ0) is 13.5. The van der Waals surface area contributed by atoms with Crippen LogP contribution in [0.2, 0.25) is 0 Å². The molecule has 4 saturated carbocycles. The molecule has 1 atom stereocenters. The van der Waals surface area contributed by atoms with E-state index in [-0.39, 0.29) is 0 Å². The maximum absolute atomic E-state index is 3.56. The summed E-state index contributed by atoms with van der Waals surface area (Å²) in [7, 11) is 0. The topological polar surface area (TPSA) is 15.3 Å². The van der Waals surface area contributed by atoms with Gasteiger partial charge in [-0.05, 0) is 68.2 Å². The van der Waals surface area contributed by atoms with Crippen LogP contribution in [0.1, 0.15) is 39.0 Å². The fourth-order valence-corrected chi connectivity index (χ4v) is 5.89. The van der Waals surface area contributed by atoms with E-state index in [1.807, 2.05) is 0 Å². The normalized spacial score (nSPS) is 48.2. The molecule has 1 N–H and O–H groups in total. The molecule has 2 nitrogen and oxygen atoms in total. The first-order valence-corrected chi connectivity index (χ1v) is 8.96. The van der Waals surface area contributed by atoms with Crippen LogP contribution in [0.3, 0.4) is 0 Å². The lowest BCUT2D eigenvalue weighted by Crippen LogP contribution is -2.50. The Morgan fingerprint density at radius 2 is 1.70 bits per heavy atom. The predicted molar refractivity (Wildman–Crippen MR) is 83.6 cm³/mol. The van der Waals surface area contributed by atoms with Crippen LogP contribution in [-0.4, -0.2) is 37.1 Å². The minimum Gasteiger partial charge on any atom is -0.314 e. The molecule has 112 valence electrons. The predicted octanol–water partition coefficient (Wildman–Crippen LogP) is 2.91. The van der Waals surface area contributed by atoms with Crippen LogP contribution >= 0.6 is 0 Å². The second-order valence-corrected chi connectivity index (χ2v) is 7.79. The Balaban J connectivity index is 1.44. The molecule has 5 aliphatic rings. The number of piperazine rings is 1. The minimum atomic E-state index is 0.644. The zero-order valence-corrected chi connectivity index (χ0v) is 12.9. The molecule has 5 rings (SSSR count). The molecule has 0 aromatic rings. The molecule has 5 fully saturated rings. The molecule has 1 heterocycles. The van der Waals surface area contributed by atoms with Gasteiger partial charge < -0.3 is 5.32 Å². The van der Waals surface area contributed by atoms with Gasteiger partial charge in [0.2, 0.25) is 0 Å². The minimum absolute atomic E-state index is 0.644. The summed E-state index contributed by atoms with van der Waals surface area (Å²) in [5, 5.41) is 3.56. The molecule has 0 radical (unpaired) electrons. The molecule has 0 aromatic heterocycles. The van der Waals surface area contributed by atoms with E-state index in [4.69, 9.17) is 0 Å². The summed E-state index contributed by atoms with van der Waals surface area (Å²) in [4.78, 5) is 2.63. The molecule has 1 saturated heterocycles. The first-order chi connectivity index (χ1) is 9.83. The van der Waals surface area contributed by atoms with E-state index >= 15 is 0 Å². The summed E-state index contributed by atoms with van der Waals surface area (Å²) in [5.41, 5.74) is 0. The molecule has 0 amide bonds. The Bertz CT molecular complexity index is 348. The third kappa shape index (κ3) is 2.35. The molecule has 0 spiro atoms. The highest BCUT2D eigenvalue weighted by Gasteiger charge is 2.47. The SMILES string of the molecule is CCN1CCNCC1/C=C/C1C2CC3CC(C2)CC1C3. The highest BCUT2D eigenvalue weighted by atomic mass is 15.2. The van der Waals surface area contributed by atoms with Gasteiger partial charge >= 0.3 is 0 Å². The van der Waals surface area contributed by atoms with Crippen LogP contribution in [0.4, 0.5) is 0 Å².